The van der Waals surface area contributed by atoms with Crippen molar-refractivity contribution in [3.8, 4) is 0 Å². The van der Waals surface area contributed by atoms with Gasteiger partial charge in [-0.1, -0.05) is 32.9 Å². The first-order chi connectivity index (χ1) is 15.4. The number of aryl methyl sites for hydroxylation is 2. The van der Waals surface area contributed by atoms with E-state index in [1.807, 2.05) is 18.7 Å². The standard InChI is InChI=1S/C22H33N7O3S/c1-13(2)9-17(12-30)23-21-24-20(25-22(26-21)28-33(6,31)32)10-14(3)16-7-8-18-15(4)29(5)27-19(18)11-16/h7-8,11,13-14,17,30H,9-10,12H2,1-6H3,(H2,23,24,25,26,28). The molecule has 0 aliphatic rings. The van der Waals surface area contributed by atoms with Crippen LogP contribution in [0.4, 0.5) is 11.9 Å². The van der Waals surface area contributed by atoms with E-state index in [1.54, 1.807) is 0 Å². The van der Waals surface area contributed by atoms with Crippen LogP contribution in [0.1, 0.15) is 50.2 Å². The zero-order valence-electron chi connectivity index (χ0n) is 20.0. The number of aliphatic hydroxyl groups is 1. The van der Waals surface area contributed by atoms with Gasteiger partial charge in [0.25, 0.3) is 0 Å². The van der Waals surface area contributed by atoms with Crippen LogP contribution in [0.3, 0.4) is 0 Å². The maximum absolute atomic E-state index is 11.8. The van der Waals surface area contributed by atoms with E-state index in [-0.39, 0.29) is 30.5 Å². The molecule has 180 valence electrons. The maximum atomic E-state index is 11.8. The van der Waals surface area contributed by atoms with Gasteiger partial charge in [0.15, 0.2) is 0 Å². The van der Waals surface area contributed by atoms with Crippen molar-refractivity contribution < 1.29 is 13.5 Å². The van der Waals surface area contributed by atoms with Gasteiger partial charge in [0.05, 0.1) is 24.4 Å². The van der Waals surface area contributed by atoms with Crippen molar-refractivity contribution in [2.45, 2.75) is 52.5 Å². The average Bonchev–Trinajstić information content (AvgIpc) is 2.98. The van der Waals surface area contributed by atoms with Crippen molar-refractivity contribution in [2.75, 3.05) is 22.9 Å². The summed E-state index contributed by atoms with van der Waals surface area (Å²) in [5.74, 6) is 1.05. The molecule has 11 heteroatoms. The van der Waals surface area contributed by atoms with Gasteiger partial charge in [0.2, 0.25) is 21.9 Å². The van der Waals surface area contributed by atoms with E-state index in [0.717, 1.165) is 28.4 Å². The average molecular weight is 476 g/mol. The Balaban J connectivity index is 1.89. The second kappa shape index (κ2) is 10.0. The second-order valence-corrected chi connectivity index (χ2v) is 10.8. The molecule has 10 nitrogen and oxygen atoms in total. The van der Waals surface area contributed by atoms with E-state index < -0.39 is 10.0 Å². The van der Waals surface area contributed by atoms with Gasteiger partial charge in [-0.15, -0.1) is 0 Å². The number of nitrogens with one attached hydrogen (secondary N) is 2. The zero-order chi connectivity index (χ0) is 24.3. The number of aromatic nitrogens is 5. The summed E-state index contributed by atoms with van der Waals surface area (Å²) in [5, 5.41) is 18.5. The lowest BCUT2D eigenvalue weighted by Gasteiger charge is -2.19. The first-order valence-electron chi connectivity index (χ1n) is 11.0. The van der Waals surface area contributed by atoms with Crippen LogP contribution in [0.25, 0.3) is 10.9 Å². The highest BCUT2D eigenvalue weighted by atomic mass is 32.2. The molecule has 3 aromatic rings. The van der Waals surface area contributed by atoms with Crippen molar-refractivity contribution in [3.63, 3.8) is 0 Å². The predicted molar refractivity (Wildman–Crippen MR) is 130 cm³/mol. The SMILES string of the molecule is Cc1c2ccc(C(C)Cc3nc(NC(CO)CC(C)C)nc(NS(C)(=O)=O)n3)cc2nn1C. The van der Waals surface area contributed by atoms with Gasteiger partial charge in [-0.05, 0) is 36.8 Å². The Kier molecular flexibility index (Phi) is 7.53. The number of rotatable bonds is 10. The third kappa shape index (κ3) is 6.61. The van der Waals surface area contributed by atoms with Crippen molar-refractivity contribution in [1.82, 2.24) is 24.7 Å². The topological polar surface area (TPSA) is 135 Å². The molecule has 0 radical (unpaired) electrons. The molecule has 0 bridgehead atoms. The molecule has 1 aromatic carbocycles. The summed E-state index contributed by atoms with van der Waals surface area (Å²) in [6, 6.07) is 5.95. The number of anilines is 2. The van der Waals surface area contributed by atoms with E-state index >= 15 is 0 Å². The van der Waals surface area contributed by atoms with E-state index in [9.17, 15) is 13.5 Å². The third-order valence-electron chi connectivity index (χ3n) is 5.48. The molecule has 3 rings (SSSR count). The van der Waals surface area contributed by atoms with Crippen LogP contribution in [0, 0.1) is 12.8 Å². The third-order valence-corrected chi connectivity index (χ3v) is 6.03. The zero-order valence-corrected chi connectivity index (χ0v) is 20.8. The van der Waals surface area contributed by atoms with E-state index in [0.29, 0.717) is 24.6 Å². The molecule has 3 N–H and O–H groups in total. The monoisotopic (exact) mass is 475 g/mol. The number of fused-ring (bicyclic) bond motifs is 1. The number of hydrogen-bond acceptors (Lipinski definition) is 8. The van der Waals surface area contributed by atoms with Gasteiger partial charge in [-0.2, -0.15) is 20.1 Å². The van der Waals surface area contributed by atoms with Crippen molar-refractivity contribution >= 4 is 32.8 Å². The lowest BCUT2D eigenvalue weighted by molar-refractivity contribution is 0.259. The minimum Gasteiger partial charge on any atom is -0.394 e. The highest BCUT2D eigenvalue weighted by Crippen LogP contribution is 2.25. The summed E-state index contributed by atoms with van der Waals surface area (Å²) < 4.78 is 27.7. The highest BCUT2D eigenvalue weighted by Gasteiger charge is 2.17. The molecule has 0 saturated heterocycles. The van der Waals surface area contributed by atoms with E-state index in [4.69, 9.17) is 0 Å². The van der Waals surface area contributed by atoms with Crippen molar-refractivity contribution in [3.05, 3.63) is 35.3 Å². The molecule has 2 atom stereocenters. The first-order valence-corrected chi connectivity index (χ1v) is 12.9. The molecule has 0 aliphatic heterocycles. The second-order valence-electron chi connectivity index (χ2n) is 9.02. The number of sulfonamides is 1. The highest BCUT2D eigenvalue weighted by molar-refractivity contribution is 7.91. The number of aliphatic hydroxyl groups excluding tert-OH is 1. The Labute approximate surface area is 194 Å². The minimum atomic E-state index is -3.56. The molecular weight excluding hydrogens is 442 g/mol. The fourth-order valence-electron chi connectivity index (χ4n) is 3.76. The van der Waals surface area contributed by atoms with Crippen molar-refractivity contribution in [1.29, 1.82) is 0 Å². The molecule has 0 aliphatic carbocycles. The Morgan fingerprint density at radius 2 is 1.82 bits per heavy atom. The summed E-state index contributed by atoms with van der Waals surface area (Å²) in [4.78, 5) is 13.0. The van der Waals surface area contributed by atoms with Crippen molar-refractivity contribution in [2.24, 2.45) is 13.0 Å². The molecule has 0 spiro atoms. The summed E-state index contributed by atoms with van der Waals surface area (Å²) in [7, 11) is -1.64. The van der Waals surface area contributed by atoms with Crippen LogP contribution in [0.5, 0.6) is 0 Å². The van der Waals surface area contributed by atoms with Gasteiger partial charge >= 0.3 is 0 Å². The fourth-order valence-corrected chi connectivity index (χ4v) is 4.19. The molecule has 2 aromatic heterocycles. The first kappa shape index (κ1) is 24.8. The Morgan fingerprint density at radius 3 is 2.45 bits per heavy atom. The quantitative estimate of drug-likeness (QED) is 0.407. The molecule has 2 unspecified atom stereocenters. The smallest absolute Gasteiger partial charge is 0.241 e. The fraction of sp³-hybridized carbons (Fsp3) is 0.545. The minimum absolute atomic E-state index is 0.0470. The van der Waals surface area contributed by atoms with Crippen LogP contribution >= 0.6 is 0 Å². The summed E-state index contributed by atoms with van der Waals surface area (Å²) in [5.41, 5.74) is 3.12. The number of nitrogens with zero attached hydrogens (tertiary/aromatic N) is 5. The van der Waals surface area contributed by atoms with Gasteiger partial charge in [0.1, 0.15) is 5.82 Å². The summed E-state index contributed by atoms with van der Waals surface area (Å²) in [6.45, 7) is 8.12. The van der Waals surface area contributed by atoms with Gasteiger partial charge in [-0.3, -0.25) is 9.40 Å². The van der Waals surface area contributed by atoms with Gasteiger partial charge in [-0.25, -0.2) is 8.42 Å². The normalized spacial score (nSPS) is 13.9. The van der Waals surface area contributed by atoms with Crippen LogP contribution in [-0.2, 0) is 23.5 Å². The van der Waals surface area contributed by atoms with Crippen LogP contribution in [-0.4, -0.2) is 57.2 Å². The summed E-state index contributed by atoms with van der Waals surface area (Å²) in [6.07, 6.45) is 2.23. The predicted octanol–water partition coefficient (Wildman–Crippen LogP) is 2.60. The lowest BCUT2D eigenvalue weighted by Crippen LogP contribution is -2.27. The molecule has 0 amide bonds. The van der Waals surface area contributed by atoms with Crippen LogP contribution in [0.2, 0.25) is 0 Å². The lowest BCUT2D eigenvalue weighted by atomic mass is 9.96. The Hall–Kier alpha value is -2.79. The number of hydrogen-bond donors (Lipinski definition) is 3. The van der Waals surface area contributed by atoms with Gasteiger partial charge in [0, 0.05) is 24.5 Å². The number of benzene rings is 1. The summed E-state index contributed by atoms with van der Waals surface area (Å²) >= 11 is 0. The van der Waals surface area contributed by atoms with Crippen LogP contribution in [0.15, 0.2) is 18.2 Å². The maximum Gasteiger partial charge on any atom is 0.241 e. The Bertz CT molecular complexity index is 1220. The molecular formula is C22H33N7O3S. The molecule has 0 fully saturated rings. The molecule has 2 heterocycles. The molecule has 0 saturated carbocycles. The van der Waals surface area contributed by atoms with Crippen LogP contribution < -0.4 is 10.0 Å². The van der Waals surface area contributed by atoms with Gasteiger partial charge < -0.3 is 10.4 Å². The molecule has 33 heavy (non-hydrogen) atoms. The van der Waals surface area contributed by atoms with E-state index in [1.165, 1.54) is 0 Å². The largest absolute Gasteiger partial charge is 0.394 e. The Morgan fingerprint density at radius 1 is 1.12 bits per heavy atom. The van der Waals surface area contributed by atoms with E-state index in [2.05, 4.69) is 69.1 Å².